The summed E-state index contributed by atoms with van der Waals surface area (Å²) in [4.78, 5) is 9.10. The number of nitrogens with zero attached hydrogens (tertiary/aromatic N) is 3. The van der Waals surface area contributed by atoms with Crippen LogP contribution < -0.4 is 10.2 Å². The lowest BCUT2D eigenvalue weighted by Crippen LogP contribution is -2.44. The first-order chi connectivity index (χ1) is 8.36. The van der Waals surface area contributed by atoms with Crippen molar-refractivity contribution in [2.24, 2.45) is 0 Å². The van der Waals surface area contributed by atoms with Gasteiger partial charge in [0, 0.05) is 46.0 Å². The number of nitrogens with one attached hydrogen (secondary N) is 1. The third kappa shape index (κ3) is 3.98. The minimum atomic E-state index is 1.06. The second kappa shape index (κ2) is 6.57. The smallest absolute Gasteiger partial charge is 0.128 e. The Kier molecular flexibility index (Phi) is 4.76. The van der Waals surface area contributed by atoms with Crippen LogP contribution in [0.2, 0.25) is 0 Å². The second-order valence-electron chi connectivity index (χ2n) is 4.55. The lowest BCUT2D eigenvalue weighted by Gasteiger charge is -2.28. The molecule has 1 aromatic rings. The van der Waals surface area contributed by atoms with Crippen molar-refractivity contribution >= 4 is 5.82 Å². The second-order valence-corrected chi connectivity index (χ2v) is 4.55. The van der Waals surface area contributed by atoms with Crippen molar-refractivity contribution in [2.75, 3.05) is 51.2 Å². The van der Waals surface area contributed by atoms with Crippen molar-refractivity contribution in [3.8, 4) is 0 Å². The maximum Gasteiger partial charge on any atom is 0.128 e. The molecule has 0 radical (unpaired) electrons. The first-order valence-electron chi connectivity index (χ1n) is 6.41. The molecule has 1 aliphatic heterocycles. The average molecular weight is 234 g/mol. The summed E-state index contributed by atoms with van der Waals surface area (Å²) in [6.45, 7) is 6.91. The van der Waals surface area contributed by atoms with E-state index in [-0.39, 0.29) is 0 Å². The van der Waals surface area contributed by atoms with E-state index in [0.717, 1.165) is 25.5 Å². The molecule has 0 saturated carbocycles. The summed E-state index contributed by atoms with van der Waals surface area (Å²) in [5, 5.41) is 3.38. The Morgan fingerprint density at radius 2 is 2.18 bits per heavy atom. The molecule has 0 bridgehead atoms. The monoisotopic (exact) mass is 234 g/mol. The minimum Gasteiger partial charge on any atom is -0.360 e. The molecule has 4 nitrogen and oxygen atoms in total. The standard InChI is InChI=1S/C13H22N4/c1-16(13-5-2-3-6-15-13)9-4-10-17-11-7-14-8-12-17/h2-3,5-6,14H,4,7-12H2,1H3. The Labute approximate surface area is 104 Å². The molecule has 2 heterocycles. The van der Waals surface area contributed by atoms with Gasteiger partial charge in [0.1, 0.15) is 5.82 Å². The van der Waals surface area contributed by atoms with Crippen LogP contribution in [0.1, 0.15) is 6.42 Å². The van der Waals surface area contributed by atoms with Crippen molar-refractivity contribution in [1.82, 2.24) is 15.2 Å². The fourth-order valence-corrected chi connectivity index (χ4v) is 2.16. The Bertz CT molecular complexity index is 308. The summed E-state index contributed by atoms with van der Waals surface area (Å²) in [5.74, 6) is 1.06. The molecule has 0 amide bonds. The van der Waals surface area contributed by atoms with Crippen molar-refractivity contribution in [2.45, 2.75) is 6.42 Å². The lowest BCUT2D eigenvalue weighted by atomic mass is 10.3. The van der Waals surface area contributed by atoms with E-state index in [1.165, 1.54) is 26.1 Å². The van der Waals surface area contributed by atoms with Crippen LogP contribution in [0.3, 0.4) is 0 Å². The number of aromatic nitrogens is 1. The number of rotatable bonds is 5. The molecule has 1 aliphatic rings. The van der Waals surface area contributed by atoms with Gasteiger partial charge in [0.25, 0.3) is 0 Å². The molecule has 1 aromatic heterocycles. The summed E-state index contributed by atoms with van der Waals surface area (Å²) in [7, 11) is 2.11. The fraction of sp³-hybridized carbons (Fsp3) is 0.615. The molecular weight excluding hydrogens is 212 g/mol. The third-order valence-corrected chi connectivity index (χ3v) is 3.22. The van der Waals surface area contributed by atoms with Crippen molar-refractivity contribution in [3.05, 3.63) is 24.4 Å². The first kappa shape index (κ1) is 12.3. The van der Waals surface area contributed by atoms with Crippen molar-refractivity contribution in [3.63, 3.8) is 0 Å². The summed E-state index contributed by atoms with van der Waals surface area (Å²) in [5.41, 5.74) is 0. The van der Waals surface area contributed by atoms with E-state index in [0.29, 0.717) is 0 Å². The van der Waals surface area contributed by atoms with E-state index >= 15 is 0 Å². The Morgan fingerprint density at radius 3 is 2.88 bits per heavy atom. The first-order valence-corrected chi connectivity index (χ1v) is 6.41. The van der Waals surface area contributed by atoms with E-state index < -0.39 is 0 Å². The summed E-state index contributed by atoms with van der Waals surface area (Å²) in [6, 6.07) is 6.05. The van der Waals surface area contributed by atoms with Gasteiger partial charge in [0.2, 0.25) is 0 Å². The molecule has 2 rings (SSSR count). The van der Waals surface area contributed by atoms with Crippen LogP contribution in [0.15, 0.2) is 24.4 Å². The quantitative estimate of drug-likeness (QED) is 0.817. The van der Waals surface area contributed by atoms with Gasteiger partial charge in [-0.3, -0.25) is 0 Å². The van der Waals surface area contributed by atoms with E-state index in [2.05, 4.69) is 33.2 Å². The molecule has 0 atom stereocenters. The van der Waals surface area contributed by atoms with Crippen LogP contribution in [0.4, 0.5) is 5.82 Å². The topological polar surface area (TPSA) is 31.4 Å². The minimum absolute atomic E-state index is 1.06. The van der Waals surface area contributed by atoms with Gasteiger partial charge in [-0.2, -0.15) is 0 Å². The van der Waals surface area contributed by atoms with E-state index in [4.69, 9.17) is 0 Å². The van der Waals surface area contributed by atoms with Gasteiger partial charge in [-0.1, -0.05) is 6.07 Å². The van der Waals surface area contributed by atoms with Gasteiger partial charge < -0.3 is 15.1 Å². The average Bonchev–Trinajstić information content (AvgIpc) is 2.41. The highest BCUT2D eigenvalue weighted by Gasteiger charge is 2.09. The highest BCUT2D eigenvalue weighted by atomic mass is 15.2. The van der Waals surface area contributed by atoms with Crippen LogP contribution in [0.25, 0.3) is 0 Å². The van der Waals surface area contributed by atoms with Crippen LogP contribution >= 0.6 is 0 Å². The molecule has 94 valence electrons. The van der Waals surface area contributed by atoms with Crippen LogP contribution in [0.5, 0.6) is 0 Å². The highest BCUT2D eigenvalue weighted by Crippen LogP contribution is 2.07. The van der Waals surface area contributed by atoms with Gasteiger partial charge in [-0.15, -0.1) is 0 Å². The van der Waals surface area contributed by atoms with Crippen molar-refractivity contribution < 1.29 is 0 Å². The molecule has 17 heavy (non-hydrogen) atoms. The molecule has 0 spiro atoms. The molecule has 1 saturated heterocycles. The zero-order chi connectivity index (χ0) is 11.9. The van der Waals surface area contributed by atoms with Gasteiger partial charge in [-0.05, 0) is 25.1 Å². The fourth-order valence-electron chi connectivity index (χ4n) is 2.16. The number of hydrogen-bond donors (Lipinski definition) is 1. The molecule has 1 N–H and O–H groups in total. The summed E-state index contributed by atoms with van der Waals surface area (Å²) >= 11 is 0. The lowest BCUT2D eigenvalue weighted by molar-refractivity contribution is 0.239. The van der Waals surface area contributed by atoms with Gasteiger partial charge in [-0.25, -0.2) is 4.98 Å². The molecule has 0 aliphatic carbocycles. The van der Waals surface area contributed by atoms with E-state index in [1.54, 1.807) is 0 Å². The maximum atomic E-state index is 4.35. The molecule has 4 heteroatoms. The zero-order valence-corrected chi connectivity index (χ0v) is 10.6. The highest BCUT2D eigenvalue weighted by molar-refractivity contribution is 5.36. The molecular formula is C13H22N4. The molecule has 1 fully saturated rings. The Hall–Kier alpha value is -1.13. The van der Waals surface area contributed by atoms with Gasteiger partial charge in [0.05, 0.1) is 0 Å². The summed E-state index contributed by atoms with van der Waals surface area (Å²) in [6.07, 6.45) is 3.05. The largest absolute Gasteiger partial charge is 0.360 e. The molecule has 0 aromatic carbocycles. The predicted octanol–water partition coefficient (Wildman–Crippen LogP) is 0.813. The van der Waals surface area contributed by atoms with Crippen LogP contribution in [0, 0.1) is 0 Å². The number of pyridine rings is 1. The zero-order valence-electron chi connectivity index (χ0n) is 10.6. The van der Waals surface area contributed by atoms with Crippen LogP contribution in [-0.2, 0) is 0 Å². The number of anilines is 1. The van der Waals surface area contributed by atoms with Gasteiger partial charge >= 0.3 is 0 Å². The Balaban J connectivity index is 1.67. The SMILES string of the molecule is CN(CCCN1CCNCC1)c1ccccn1. The van der Waals surface area contributed by atoms with Crippen LogP contribution in [-0.4, -0.2) is 56.2 Å². The normalized spacial score (nSPS) is 17.0. The third-order valence-electron chi connectivity index (χ3n) is 3.22. The van der Waals surface area contributed by atoms with Gasteiger partial charge in [0.15, 0.2) is 0 Å². The van der Waals surface area contributed by atoms with E-state index in [1.807, 2.05) is 18.3 Å². The van der Waals surface area contributed by atoms with Crippen molar-refractivity contribution in [1.29, 1.82) is 0 Å². The Morgan fingerprint density at radius 1 is 1.35 bits per heavy atom. The number of piperazine rings is 1. The number of hydrogen-bond acceptors (Lipinski definition) is 4. The maximum absolute atomic E-state index is 4.35. The van der Waals surface area contributed by atoms with E-state index in [9.17, 15) is 0 Å². The predicted molar refractivity (Wildman–Crippen MR) is 71.4 cm³/mol. The molecule has 0 unspecified atom stereocenters. The summed E-state index contributed by atoms with van der Waals surface area (Å²) < 4.78 is 0.